The lowest BCUT2D eigenvalue weighted by atomic mass is 10.1. The molecule has 0 saturated heterocycles. The van der Waals surface area contributed by atoms with E-state index >= 15 is 0 Å². The Morgan fingerprint density at radius 2 is 1.76 bits per heavy atom. The number of carbonyl (C=O) groups excluding carboxylic acids is 1. The standard InChI is InChI=1S/C15H17N5O/c1-11-2-8-14(9-3-11)18-15(21)13-6-4-12(5-7-13)10-17-20-19-16/h2-9H,10H2,1H3,(H2,16,20)(H,17,19)(H,18,21). The highest BCUT2D eigenvalue weighted by atomic mass is 16.1. The fraction of sp³-hybridized carbons (Fsp3) is 0.133. The summed E-state index contributed by atoms with van der Waals surface area (Å²) < 4.78 is 0. The van der Waals surface area contributed by atoms with Crippen LogP contribution in [0.5, 0.6) is 0 Å². The maximum atomic E-state index is 12.1. The highest BCUT2D eigenvalue weighted by Gasteiger charge is 2.05. The number of anilines is 1. The molecular weight excluding hydrogens is 266 g/mol. The first-order valence-corrected chi connectivity index (χ1v) is 6.49. The van der Waals surface area contributed by atoms with Crippen LogP contribution in [-0.4, -0.2) is 5.91 Å². The van der Waals surface area contributed by atoms with Crippen LogP contribution in [0.3, 0.4) is 0 Å². The maximum Gasteiger partial charge on any atom is 0.255 e. The third-order valence-corrected chi connectivity index (χ3v) is 2.94. The minimum Gasteiger partial charge on any atom is -0.322 e. The number of aryl methyl sites for hydroxylation is 1. The van der Waals surface area contributed by atoms with E-state index in [0.29, 0.717) is 12.1 Å². The van der Waals surface area contributed by atoms with Crippen molar-refractivity contribution in [3.63, 3.8) is 0 Å². The van der Waals surface area contributed by atoms with Crippen LogP contribution in [0.2, 0.25) is 0 Å². The Hall–Kier alpha value is -2.89. The van der Waals surface area contributed by atoms with Gasteiger partial charge in [0, 0.05) is 11.3 Å². The zero-order valence-electron chi connectivity index (χ0n) is 11.7. The van der Waals surface area contributed by atoms with Gasteiger partial charge < -0.3 is 11.2 Å². The minimum absolute atomic E-state index is 0.139. The lowest BCUT2D eigenvalue weighted by Crippen LogP contribution is -2.12. The van der Waals surface area contributed by atoms with Gasteiger partial charge in [-0.05, 0) is 36.8 Å². The van der Waals surface area contributed by atoms with Crippen molar-refractivity contribution < 1.29 is 4.79 Å². The molecular formula is C15H17N5O. The molecule has 21 heavy (non-hydrogen) atoms. The first-order chi connectivity index (χ1) is 10.2. The van der Waals surface area contributed by atoms with Gasteiger partial charge in [0.2, 0.25) is 0 Å². The van der Waals surface area contributed by atoms with E-state index in [9.17, 15) is 4.79 Å². The summed E-state index contributed by atoms with van der Waals surface area (Å²) >= 11 is 0. The monoisotopic (exact) mass is 283 g/mol. The smallest absolute Gasteiger partial charge is 0.255 e. The molecule has 108 valence electrons. The van der Waals surface area contributed by atoms with Crippen molar-refractivity contribution in [2.45, 2.75) is 13.5 Å². The Bertz CT molecular complexity index is 620. The van der Waals surface area contributed by atoms with E-state index in [-0.39, 0.29) is 5.91 Å². The van der Waals surface area contributed by atoms with Crippen LogP contribution < -0.4 is 16.6 Å². The molecule has 0 radical (unpaired) electrons. The summed E-state index contributed by atoms with van der Waals surface area (Å²) in [5.74, 6) is 4.74. The fourth-order valence-corrected chi connectivity index (χ4v) is 1.78. The second-order valence-corrected chi connectivity index (χ2v) is 4.57. The van der Waals surface area contributed by atoms with Gasteiger partial charge in [-0.1, -0.05) is 40.3 Å². The molecule has 0 aliphatic carbocycles. The summed E-state index contributed by atoms with van der Waals surface area (Å²) in [4.78, 5) is 12.1. The summed E-state index contributed by atoms with van der Waals surface area (Å²) in [6.45, 7) is 2.50. The zero-order valence-corrected chi connectivity index (χ0v) is 11.7. The van der Waals surface area contributed by atoms with Crippen molar-refractivity contribution in [2.75, 3.05) is 5.32 Å². The molecule has 2 rings (SSSR count). The zero-order chi connectivity index (χ0) is 15.1. The number of nitrogens with one attached hydrogen (secondary N) is 2. The van der Waals surface area contributed by atoms with Gasteiger partial charge in [-0.25, -0.2) is 0 Å². The van der Waals surface area contributed by atoms with Gasteiger partial charge in [0.05, 0.1) is 6.54 Å². The predicted octanol–water partition coefficient (Wildman–Crippen LogP) is 2.58. The lowest BCUT2D eigenvalue weighted by molar-refractivity contribution is 0.102. The SMILES string of the molecule is Cc1ccc(NC(=O)c2ccc(CN/N=N\N)cc2)cc1. The Labute approximate surface area is 123 Å². The number of amides is 1. The molecule has 1 amide bonds. The third-order valence-electron chi connectivity index (χ3n) is 2.94. The van der Waals surface area contributed by atoms with E-state index in [1.54, 1.807) is 12.1 Å². The van der Waals surface area contributed by atoms with Gasteiger partial charge in [-0.2, -0.15) is 0 Å². The predicted molar refractivity (Wildman–Crippen MR) is 81.5 cm³/mol. The van der Waals surface area contributed by atoms with E-state index in [2.05, 4.69) is 21.2 Å². The van der Waals surface area contributed by atoms with Crippen molar-refractivity contribution in [3.05, 3.63) is 65.2 Å². The van der Waals surface area contributed by atoms with Crippen LogP contribution in [0, 0.1) is 6.92 Å². The van der Waals surface area contributed by atoms with Gasteiger partial charge in [0.1, 0.15) is 0 Å². The molecule has 2 aromatic carbocycles. The second kappa shape index (κ2) is 7.04. The number of rotatable bonds is 5. The first kappa shape index (κ1) is 14.5. The number of hydrogen-bond donors (Lipinski definition) is 3. The molecule has 0 heterocycles. The summed E-state index contributed by atoms with van der Waals surface area (Å²) in [5, 5.41) is 9.41. The summed E-state index contributed by atoms with van der Waals surface area (Å²) in [6, 6.07) is 14.9. The Balaban J connectivity index is 1.97. The van der Waals surface area contributed by atoms with Gasteiger partial charge in [0.25, 0.3) is 5.91 Å². The van der Waals surface area contributed by atoms with Crippen molar-refractivity contribution in [2.24, 2.45) is 16.3 Å². The van der Waals surface area contributed by atoms with Crippen LogP contribution >= 0.6 is 0 Å². The maximum absolute atomic E-state index is 12.1. The van der Waals surface area contributed by atoms with Crippen LogP contribution in [0.1, 0.15) is 21.5 Å². The largest absolute Gasteiger partial charge is 0.322 e. The van der Waals surface area contributed by atoms with Crippen molar-refractivity contribution in [1.29, 1.82) is 0 Å². The molecule has 6 nitrogen and oxygen atoms in total. The van der Waals surface area contributed by atoms with Crippen molar-refractivity contribution in [3.8, 4) is 0 Å². The van der Waals surface area contributed by atoms with Gasteiger partial charge in [0.15, 0.2) is 0 Å². The van der Waals surface area contributed by atoms with E-state index in [1.165, 1.54) is 0 Å². The summed E-state index contributed by atoms with van der Waals surface area (Å²) in [6.07, 6.45) is 0. The number of nitrogens with zero attached hydrogens (tertiary/aromatic N) is 2. The van der Waals surface area contributed by atoms with E-state index in [4.69, 9.17) is 5.84 Å². The van der Waals surface area contributed by atoms with Crippen LogP contribution in [0.4, 0.5) is 5.69 Å². The topological polar surface area (TPSA) is 91.9 Å². The minimum atomic E-state index is -0.139. The van der Waals surface area contributed by atoms with Crippen molar-refractivity contribution >= 4 is 11.6 Å². The van der Waals surface area contributed by atoms with E-state index in [1.807, 2.05) is 43.3 Å². The van der Waals surface area contributed by atoms with E-state index in [0.717, 1.165) is 16.8 Å². The first-order valence-electron chi connectivity index (χ1n) is 6.49. The average Bonchev–Trinajstić information content (AvgIpc) is 2.50. The number of hydrogen-bond acceptors (Lipinski definition) is 3. The second-order valence-electron chi connectivity index (χ2n) is 4.57. The highest BCUT2D eigenvalue weighted by molar-refractivity contribution is 6.04. The molecule has 0 aromatic heterocycles. The number of benzene rings is 2. The molecule has 2 aromatic rings. The molecule has 0 atom stereocenters. The van der Waals surface area contributed by atoms with Crippen LogP contribution in [0.15, 0.2) is 59.0 Å². The highest BCUT2D eigenvalue weighted by Crippen LogP contribution is 2.11. The summed E-state index contributed by atoms with van der Waals surface area (Å²) in [5.41, 5.74) is 6.19. The third kappa shape index (κ3) is 4.31. The Kier molecular flexibility index (Phi) is 4.87. The average molecular weight is 283 g/mol. The quantitative estimate of drug-likeness (QED) is 0.447. The molecule has 0 fully saturated rings. The van der Waals surface area contributed by atoms with Crippen LogP contribution in [-0.2, 0) is 6.54 Å². The summed E-state index contributed by atoms with van der Waals surface area (Å²) in [7, 11) is 0. The number of carbonyl (C=O) groups is 1. The normalized spacial score (nSPS) is 10.5. The number of nitrogens with two attached hydrogens (primary N) is 1. The van der Waals surface area contributed by atoms with Gasteiger partial charge >= 0.3 is 0 Å². The van der Waals surface area contributed by atoms with Crippen molar-refractivity contribution in [1.82, 2.24) is 5.43 Å². The molecule has 0 saturated carbocycles. The molecule has 0 bridgehead atoms. The van der Waals surface area contributed by atoms with Gasteiger partial charge in [-0.15, -0.1) is 0 Å². The molecule has 0 aliphatic rings. The Morgan fingerprint density at radius 3 is 2.38 bits per heavy atom. The van der Waals surface area contributed by atoms with E-state index < -0.39 is 0 Å². The molecule has 0 spiro atoms. The fourth-order valence-electron chi connectivity index (χ4n) is 1.78. The molecule has 6 heteroatoms. The molecule has 0 unspecified atom stereocenters. The molecule has 0 aliphatic heterocycles. The molecule has 4 N–H and O–H groups in total. The van der Waals surface area contributed by atoms with Gasteiger partial charge in [-0.3, -0.25) is 10.2 Å². The Morgan fingerprint density at radius 1 is 1.10 bits per heavy atom. The lowest BCUT2D eigenvalue weighted by Gasteiger charge is -2.06. The van der Waals surface area contributed by atoms with Crippen LogP contribution in [0.25, 0.3) is 0 Å².